The number of aromatic hydroxyl groups is 1. The molecule has 7 nitrogen and oxygen atoms in total. The van der Waals surface area contributed by atoms with Crippen LogP contribution in [0.4, 0.5) is 5.69 Å². The molecule has 104 valence electrons. The Kier molecular flexibility index (Phi) is 3.66. The summed E-state index contributed by atoms with van der Waals surface area (Å²) in [6.07, 6.45) is 1.46. The Labute approximate surface area is 119 Å². The summed E-state index contributed by atoms with van der Waals surface area (Å²) in [6, 6.07) is 3.87. The molecule has 1 fully saturated rings. The van der Waals surface area contributed by atoms with Gasteiger partial charge in [0, 0.05) is 12.6 Å². The Bertz CT molecular complexity index is 642. The third-order valence-electron chi connectivity index (χ3n) is 2.79. The van der Waals surface area contributed by atoms with E-state index >= 15 is 0 Å². The molecule has 1 saturated heterocycles. The van der Waals surface area contributed by atoms with Crippen LogP contribution < -0.4 is 5.32 Å². The maximum atomic E-state index is 12.0. The van der Waals surface area contributed by atoms with E-state index in [1.807, 2.05) is 0 Å². The van der Waals surface area contributed by atoms with Gasteiger partial charge in [0.05, 0.1) is 4.92 Å². The van der Waals surface area contributed by atoms with Crippen molar-refractivity contribution in [2.24, 2.45) is 0 Å². The van der Waals surface area contributed by atoms with E-state index < -0.39 is 16.4 Å². The van der Waals surface area contributed by atoms with Crippen LogP contribution in [0.15, 0.2) is 23.9 Å². The fraction of sp³-hybridized carbons (Fsp3) is 0.167. The van der Waals surface area contributed by atoms with Crippen LogP contribution >= 0.6 is 12.2 Å². The van der Waals surface area contributed by atoms with Crippen molar-refractivity contribution in [3.8, 4) is 5.75 Å². The first-order chi connectivity index (χ1) is 9.43. The second-order valence-corrected chi connectivity index (χ2v) is 4.43. The highest BCUT2D eigenvalue weighted by atomic mass is 32.1. The number of thiocarbonyl (C=S) groups is 1. The number of hydrogen-bond donors (Lipinski definition) is 2. The molecule has 1 aliphatic heterocycles. The van der Waals surface area contributed by atoms with Crippen LogP contribution in [0, 0.1) is 10.1 Å². The summed E-state index contributed by atoms with van der Waals surface area (Å²) in [5, 5.41) is 23.2. The van der Waals surface area contributed by atoms with Gasteiger partial charge in [-0.1, -0.05) is 6.07 Å². The van der Waals surface area contributed by atoms with Crippen LogP contribution in [0.25, 0.3) is 6.08 Å². The summed E-state index contributed by atoms with van der Waals surface area (Å²) in [5.41, 5.74) is 0.252. The van der Waals surface area contributed by atoms with Gasteiger partial charge in [-0.05, 0) is 36.8 Å². The number of nitro groups is 1. The van der Waals surface area contributed by atoms with Crippen LogP contribution in [0.1, 0.15) is 12.5 Å². The first kappa shape index (κ1) is 13.9. The Morgan fingerprint density at radius 3 is 2.80 bits per heavy atom. The molecule has 0 unspecified atom stereocenters. The third kappa shape index (κ3) is 2.45. The van der Waals surface area contributed by atoms with Crippen molar-refractivity contribution in [2.45, 2.75) is 6.92 Å². The lowest BCUT2D eigenvalue weighted by Crippen LogP contribution is -2.30. The second-order valence-electron chi connectivity index (χ2n) is 4.04. The summed E-state index contributed by atoms with van der Waals surface area (Å²) in [5.74, 6) is -0.707. The number of phenols is 1. The predicted molar refractivity (Wildman–Crippen MR) is 75.9 cm³/mol. The molecule has 0 spiro atoms. The average Bonchev–Trinajstić information content (AvgIpc) is 2.66. The lowest BCUT2D eigenvalue weighted by molar-refractivity contribution is -0.385. The van der Waals surface area contributed by atoms with Gasteiger partial charge < -0.3 is 10.4 Å². The number of nitrogens with zero attached hydrogens (tertiary/aromatic N) is 2. The van der Waals surface area contributed by atoms with E-state index in [0.717, 1.165) is 0 Å². The first-order valence-electron chi connectivity index (χ1n) is 5.76. The SMILES string of the molecule is CCN1C(=O)/C(=C/c2ccc(O)c([N+](=O)[O-])c2)NC1=S. The largest absolute Gasteiger partial charge is 0.502 e. The van der Waals surface area contributed by atoms with Crippen molar-refractivity contribution in [3.63, 3.8) is 0 Å². The number of rotatable bonds is 3. The molecule has 1 aliphatic rings. The zero-order chi connectivity index (χ0) is 14.9. The van der Waals surface area contributed by atoms with Gasteiger partial charge in [-0.25, -0.2) is 0 Å². The molecule has 0 aromatic heterocycles. The summed E-state index contributed by atoms with van der Waals surface area (Å²) in [6.45, 7) is 2.23. The number of carbonyl (C=O) groups excluding carboxylic acids is 1. The Hall–Kier alpha value is -2.48. The average molecular weight is 293 g/mol. The molecular formula is C12H11N3O4S. The topological polar surface area (TPSA) is 95.7 Å². The Morgan fingerprint density at radius 1 is 1.55 bits per heavy atom. The van der Waals surface area contributed by atoms with Crippen LogP contribution in [-0.4, -0.2) is 32.5 Å². The molecule has 0 bridgehead atoms. The molecule has 1 aromatic carbocycles. The monoisotopic (exact) mass is 293 g/mol. The Morgan fingerprint density at radius 2 is 2.25 bits per heavy atom. The van der Waals surface area contributed by atoms with Crippen LogP contribution in [-0.2, 0) is 4.79 Å². The van der Waals surface area contributed by atoms with Crippen molar-refractivity contribution < 1.29 is 14.8 Å². The smallest absolute Gasteiger partial charge is 0.311 e. The molecule has 1 aromatic rings. The molecular weight excluding hydrogens is 282 g/mol. The highest BCUT2D eigenvalue weighted by Gasteiger charge is 2.29. The normalized spacial score (nSPS) is 16.6. The van der Waals surface area contributed by atoms with Crippen molar-refractivity contribution in [1.29, 1.82) is 0 Å². The Balaban J connectivity index is 2.37. The van der Waals surface area contributed by atoms with Crippen molar-refractivity contribution in [3.05, 3.63) is 39.6 Å². The highest BCUT2D eigenvalue weighted by molar-refractivity contribution is 7.80. The zero-order valence-electron chi connectivity index (χ0n) is 10.5. The molecule has 0 saturated carbocycles. The summed E-state index contributed by atoms with van der Waals surface area (Å²) >= 11 is 5.00. The molecule has 1 heterocycles. The van der Waals surface area contributed by atoms with Crippen molar-refractivity contribution in [1.82, 2.24) is 10.2 Å². The molecule has 1 amide bonds. The summed E-state index contributed by atoms with van der Waals surface area (Å²) in [7, 11) is 0. The second kappa shape index (κ2) is 5.25. The van der Waals surface area contributed by atoms with E-state index in [2.05, 4.69) is 5.32 Å². The van der Waals surface area contributed by atoms with E-state index in [-0.39, 0.29) is 11.6 Å². The van der Waals surface area contributed by atoms with Crippen molar-refractivity contribution in [2.75, 3.05) is 6.54 Å². The summed E-state index contributed by atoms with van der Waals surface area (Å²) < 4.78 is 0. The standard InChI is InChI=1S/C12H11N3O4S/c1-2-14-11(17)8(13-12(14)20)5-7-3-4-10(16)9(6-7)15(18)19/h3-6,16H,2H2,1H3,(H,13,20)/b8-5-. The molecule has 0 atom stereocenters. The number of phenolic OH excluding ortho intramolecular Hbond substituents is 1. The fourth-order valence-corrected chi connectivity index (χ4v) is 2.12. The molecule has 8 heteroatoms. The molecule has 0 radical (unpaired) electrons. The van der Waals surface area contributed by atoms with E-state index in [0.29, 0.717) is 17.2 Å². The maximum Gasteiger partial charge on any atom is 0.311 e. The quantitative estimate of drug-likeness (QED) is 0.378. The van der Waals surface area contributed by atoms with Gasteiger partial charge in [-0.2, -0.15) is 0 Å². The highest BCUT2D eigenvalue weighted by Crippen LogP contribution is 2.27. The molecule has 2 N–H and O–H groups in total. The van der Waals surface area contributed by atoms with Crippen LogP contribution in [0.2, 0.25) is 0 Å². The van der Waals surface area contributed by atoms with E-state index in [9.17, 15) is 20.0 Å². The van der Waals surface area contributed by atoms with E-state index in [1.165, 1.54) is 29.2 Å². The van der Waals surface area contributed by atoms with Gasteiger partial charge in [-0.3, -0.25) is 19.8 Å². The fourth-order valence-electron chi connectivity index (χ4n) is 1.80. The number of amides is 1. The number of likely N-dealkylation sites (N-methyl/N-ethyl adjacent to an activating group) is 1. The van der Waals surface area contributed by atoms with Crippen LogP contribution in [0.5, 0.6) is 5.75 Å². The van der Waals surface area contributed by atoms with E-state index in [4.69, 9.17) is 12.2 Å². The minimum Gasteiger partial charge on any atom is -0.502 e. The number of benzene rings is 1. The lowest BCUT2D eigenvalue weighted by Gasteiger charge is -2.08. The zero-order valence-corrected chi connectivity index (χ0v) is 11.3. The lowest BCUT2D eigenvalue weighted by atomic mass is 10.1. The van der Waals surface area contributed by atoms with Gasteiger partial charge in [0.25, 0.3) is 5.91 Å². The number of nitrogens with one attached hydrogen (secondary N) is 1. The first-order valence-corrected chi connectivity index (χ1v) is 6.16. The minimum atomic E-state index is -0.690. The van der Waals surface area contributed by atoms with E-state index in [1.54, 1.807) is 6.92 Å². The van der Waals surface area contributed by atoms with Gasteiger partial charge >= 0.3 is 5.69 Å². The van der Waals surface area contributed by atoms with Gasteiger partial charge in [-0.15, -0.1) is 0 Å². The maximum absolute atomic E-state index is 12.0. The molecule has 2 rings (SSSR count). The summed E-state index contributed by atoms with van der Waals surface area (Å²) in [4.78, 5) is 23.4. The number of carbonyl (C=O) groups is 1. The molecule has 20 heavy (non-hydrogen) atoms. The van der Waals surface area contributed by atoms with Crippen LogP contribution in [0.3, 0.4) is 0 Å². The van der Waals surface area contributed by atoms with Gasteiger partial charge in [0.1, 0.15) is 5.70 Å². The van der Waals surface area contributed by atoms with Gasteiger partial charge in [0.15, 0.2) is 10.9 Å². The minimum absolute atomic E-state index is 0.247. The predicted octanol–water partition coefficient (Wildman–Crippen LogP) is 1.38. The van der Waals surface area contributed by atoms with Crippen molar-refractivity contribution >= 4 is 35.0 Å². The van der Waals surface area contributed by atoms with Gasteiger partial charge in [0.2, 0.25) is 0 Å². The number of nitro benzene ring substituents is 1. The third-order valence-corrected chi connectivity index (χ3v) is 3.11. The number of hydrogen-bond acceptors (Lipinski definition) is 5. The molecule has 0 aliphatic carbocycles.